The first-order valence-electron chi connectivity index (χ1n) is 8.39. The van der Waals surface area contributed by atoms with Gasteiger partial charge in [0.25, 0.3) is 0 Å². The van der Waals surface area contributed by atoms with Crippen molar-refractivity contribution in [3.8, 4) is 11.5 Å². The summed E-state index contributed by atoms with van der Waals surface area (Å²) in [5.74, 6) is 1.22. The second kappa shape index (κ2) is 6.81. The summed E-state index contributed by atoms with van der Waals surface area (Å²) in [6, 6.07) is 8.56. The number of aliphatic hydroxyl groups excluding tert-OH is 1. The zero-order chi connectivity index (χ0) is 16.4. The molecular formula is C18H25N3O2. The lowest BCUT2D eigenvalue weighted by molar-refractivity contribution is 0.105. The fourth-order valence-corrected chi connectivity index (χ4v) is 3.37. The van der Waals surface area contributed by atoms with E-state index in [1.807, 2.05) is 31.2 Å². The first-order chi connectivity index (χ1) is 11.0. The summed E-state index contributed by atoms with van der Waals surface area (Å²) in [6.45, 7) is 7.03. The number of rotatable bonds is 5. The topological polar surface area (TPSA) is 62.4 Å². The maximum Gasteiger partial charge on any atom is 0.247 e. The molecule has 2 aromatic rings. The fraction of sp³-hybridized carbons (Fsp3) is 0.556. The molecular weight excluding hydrogens is 290 g/mol. The largest absolute Gasteiger partial charge is 0.419 e. The normalized spacial score (nSPS) is 21.5. The minimum Gasteiger partial charge on any atom is -0.419 e. The molecule has 1 N–H and O–H groups in total. The molecule has 2 heterocycles. The average molecular weight is 315 g/mol. The first-order valence-corrected chi connectivity index (χ1v) is 8.39. The van der Waals surface area contributed by atoms with Crippen LogP contribution >= 0.6 is 0 Å². The number of nitrogens with zero attached hydrogens (tertiary/aromatic N) is 3. The van der Waals surface area contributed by atoms with Gasteiger partial charge in [0.1, 0.15) is 0 Å². The molecule has 1 saturated heterocycles. The SMILES string of the molecule is Cc1ccc(-c2nnc(C(C)N3CCCC3CC(C)O)o2)cc1. The molecule has 23 heavy (non-hydrogen) atoms. The Kier molecular flexibility index (Phi) is 4.78. The highest BCUT2D eigenvalue weighted by Gasteiger charge is 2.32. The van der Waals surface area contributed by atoms with Gasteiger partial charge in [0.2, 0.25) is 11.8 Å². The molecule has 0 aliphatic carbocycles. The van der Waals surface area contributed by atoms with Crippen LogP contribution in [0.3, 0.4) is 0 Å². The molecule has 1 aliphatic heterocycles. The molecule has 124 valence electrons. The Morgan fingerprint density at radius 2 is 2.00 bits per heavy atom. The highest BCUT2D eigenvalue weighted by molar-refractivity contribution is 5.52. The molecule has 1 aliphatic rings. The summed E-state index contributed by atoms with van der Waals surface area (Å²) in [6.07, 6.45) is 2.79. The van der Waals surface area contributed by atoms with E-state index in [1.165, 1.54) is 5.56 Å². The molecule has 5 heteroatoms. The van der Waals surface area contributed by atoms with Crippen LogP contribution in [-0.4, -0.2) is 38.9 Å². The Bertz CT molecular complexity index is 636. The Balaban J connectivity index is 1.75. The van der Waals surface area contributed by atoms with Crippen molar-refractivity contribution in [1.82, 2.24) is 15.1 Å². The highest BCUT2D eigenvalue weighted by Crippen LogP contribution is 2.31. The number of aliphatic hydroxyl groups is 1. The first kappa shape index (κ1) is 16.1. The maximum absolute atomic E-state index is 9.68. The second-order valence-electron chi connectivity index (χ2n) is 6.61. The second-order valence-corrected chi connectivity index (χ2v) is 6.61. The predicted molar refractivity (Wildman–Crippen MR) is 88.9 cm³/mol. The van der Waals surface area contributed by atoms with Crippen LogP contribution in [-0.2, 0) is 0 Å². The summed E-state index contributed by atoms with van der Waals surface area (Å²) < 4.78 is 5.91. The van der Waals surface area contributed by atoms with Gasteiger partial charge in [-0.25, -0.2) is 0 Å². The number of likely N-dealkylation sites (tertiary alicyclic amines) is 1. The van der Waals surface area contributed by atoms with E-state index in [0.717, 1.165) is 31.4 Å². The Labute approximate surface area is 137 Å². The molecule has 5 nitrogen and oxygen atoms in total. The summed E-state index contributed by atoms with van der Waals surface area (Å²) in [7, 11) is 0. The van der Waals surface area contributed by atoms with E-state index in [1.54, 1.807) is 0 Å². The van der Waals surface area contributed by atoms with Crippen molar-refractivity contribution in [3.63, 3.8) is 0 Å². The number of aryl methyl sites for hydroxylation is 1. The highest BCUT2D eigenvalue weighted by atomic mass is 16.4. The van der Waals surface area contributed by atoms with Crippen LogP contribution in [0.25, 0.3) is 11.5 Å². The minimum absolute atomic E-state index is 0.0768. The summed E-state index contributed by atoms with van der Waals surface area (Å²) in [5, 5.41) is 18.1. The quantitative estimate of drug-likeness (QED) is 0.917. The van der Waals surface area contributed by atoms with Crippen LogP contribution in [0.2, 0.25) is 0 Å². The Morgan fingerprint density at radius 3 is 2.70 bits per heavy atom. The van der Waals surface area contributed by atoms with Gasteiger partial charge >= 0.3 is 0 Å². The van der Waals surface area contributed by atoms with Gasteiger partial charge in [0.05, 0.1) is 12.1 Å². The molecule has 3 rings (SSSR count). The lowest BCUT2D eigenvalue weighted by Crippen LogP contribution is -2.34. The van der Waals surface area contributed by atoms with Crippen LogP contribution in [0.1, 0.15) is 50.6 Å². The van der Waals surface area contributed by atoms with Gasteiger partial charge in [0, 0.05) is 11.6 Å². The van der Waals surface area contributed by atoms with E-state index in [-0.39, 0.29) is 12.1 Å². The smallest absolute Gasteiger partial charge is 0.247 e. The van der Waals surface area contributed by atoms with E-state index in [4.69, 9.17) is 4.42 Å². The molecule has 3 atom stereocenters. The van der Waals surface area contributed by atoms with Crippen molar-refractivity contribution in [1.29, 1.82) is 0 Å². The lowest BCUT2D eigenvalue weighted by atomic mass is 10.1. The molecule has 0 saturated carbocycles. The lowest BCUT2D eigenvalue weighted by Gasteiger charge is -2.29. The number of hydrogen-bond donors (Lipinski definition) is 1. The van der Waals surface area contributed by atoms with Crippen LogP contribution in [0.5, 0.6) is 0 Å². The molecule has 3 unspecified atom stereocenters. The summed E-state index contributed by atoms with van der Waals surface area (Å²) in [4.78, 5) is 2.37. The number of aromatic nitrogens is 2. The zero-order valence-electron chi connectivity index (χ0n) is 14.1. The van der Waals surface area contributed by atoms with Crippen LogP contribution in [0.4, 0.5) is 0 Å². The number of benzene rings is 1. The van der Waals surface area contributed by atoms with E-state index in [2.05, 4.69) is 28.9 Å². The van der Waals surface area contributed by atoms with Crippen molar-refractivity contribution in [2.75, 3.05) is 6.54 Å². The van der Waals surface area contributed by atoms with Crippen molar-refractivity contribution in [3.05, 3.63) is 35.7 Å². The third kappa shape index (κ3) is 3.62. The fourth-order valence-electron chi connectivity index (χ4n) is 3.37. The molecule has 1 fully saturated rings. The zero-order valence-corrected chi connectivity index (χ0v) is 14.1. The molecule has 1 aromatic carbocycles. The maximum atomic E-state index is 9.68. The Hall–Kier alpha value is -1.72. The van der Waals surface area contributed by atoms with Gasteiger partial charge in [-0.1, -0.05) is 17.7 Å². The summed E-state index contributed by atoms with van der Waals surface area (Å²) in [5.41, 5.74) is 2.16. The number of hydrogen-bond acceptors (Lipinski definition) is 5. The predicted octanol–water partition coefficient (Wildman–Crippen LogP) is 3.34. The van der Waals surface area contributed by atoms with Gasteiger partial charge in [0.15, 0.2) is 0 Å². The standard InChI is InChI=1S/C18H25N3O2/c1-12-6-8-15(9-7-12)18-20-19-17(23-18)14(3)21-10-4-5-16(21)11-13(2)22/h6-9,13-14,16,22H,4-5,10-11H2,1-3H3. The monoisotopic (exact) mass is 315 g/mol. The van der Waals surface area contributed by atoms with E-state index in [0.29, 0.717) is 17.8 Å². The average Bonchev–Trinajstić information content (AvgIpc) is 3.16. The molecule has 1 aromatic heterocycles. The van der Waals surface area contributed by atoms with Gasteiger partial charge < -0.3 is 9.52 Å². The van der Waals surface area contributed by atoms with Gasteiger partial charge in [-0.05, 0) is 58.7 Å². The van der Waals surface area contributed by atoms with E-state index >= 15 is 0 Å². The van der Waals surface area contributed by atoms with Crippen LogP contribution in [0, 0.1) is 6.92 Å². The third-order valence-corrected chi connectivity index (χ3v) is 4.63. The van der Waals surface area contributed by atoms with Crippen LogP contribution in [0.15, 0.2) is 28.7 Å². The third-order valence-electron chi connectivity index (χ3n) is 4.63. The molecule has 0 radical (unpaired) electrons. The van der Waals surface area contributed by atoms with Crippen molar-refractivity contribution >= 4 is 0 Å². The van der Waals surface area contributed by atoms with E-state index < -0.39 is 0 Å². The van der Waals surface area contributed by atoms with Crippen molar-refractivity contribution in [2.24, 2.45) is 0 Å². The molecule has 0 bridgehead atoms. The van der Waals surface area contributed by atoms with Crippen molar-refractivity contribution < 1.29 is 9.52 Å². The molecule has 0 spiro atoms. The van der Waals surface area contributed by atoms with Gasteiger partial charge in [-0.2, -0.15) is 0 Å². The Morgan fingerprint density at radius 1 is 1.26 bits per heavy atom. The molecule has 0 amide bonds. The minimum atomic E-state index is -0.279. The van der Waals surface area contributed by atoms with Crippen LogP contribution < -0.4 is 0 Å². The van der Waals surface area contributed by atoms with E-state index in [9.17, 15) is 5.11 Å². The van der Waals surface area contributed by atoms with Crippen molar-refractivity contribution in [2.45, 2.75) is 58.2 Å². The van der Waals surface area contributed by atoms with Gasteiger partial charge in [-0.15, -0.1) is 10.2 Å². The summed E-state index contributed by atoms with van der Waals surface area (Å²) >= 11 is 0. The van der Waals surface area contributed by atoms with Gasteiger partial charge in [-0.3, -0.25) is 4.90 Å².